The molecule has 0 atom stereocenters. The lowest BCUT2D eigenvalue weighted by molar-refractivity contribution is -0.194. The summed E-state index contributed by atoms with van der Waals surface area (Å²) < 4.78 is 10.0. The van der Waals surface area contributed by atoms with Crippen LogP contribution in [0.15, 0.2) is 0 Å². The monoisotopic (exact) mass is 118 g/mol. The first-order valence-electron chi connectivity index (χ1n) is 2.79. The zero-order valence-corrected chi connectivity index (χ0v) is 6.02. The lowest BCUT2D eigenvalue weighted by atomic mass is 10.2. The number of ether oxygens (including phenoxy) is 2. The normalized spacial score (nSPS) is 12.0. The van der Waals surface area contributed by atoms with Gasteiger partial charge in [0.2, 0.25) is 0 Å². The van der Waals surface area contributed by atoms with E-state index in [0.717, 1.165) is 6.42 Å². The van der Waals surface area contributed by atoms with Crippen molar-refractivity contribution in [2.45, 2.75) is 26.1 Å². The molecule has 0 bridgehead atoms. The molecule has 0 aliphatic heterocycles. The molecule has 50 valence electrons. The van der Waals surface area contributed by atoms with Gasteiger partial charge >= 0.3 is 0 Å². The molecule has 0 aromatic heterocycles. The SMILES string of the molecule is CCC(C)(OC)OC. The van der Waals surface area contributed by atoms with E-state index in [4.69, 9.17) is 9.47 Å². The van der Waals surface area contributed by atoms with Gasteiger partial charge in [0.15, 0.2) is 5.79 Å². The number of hydrogen-bond acceptors (Lipinski definition) is 2. The maximum Gasteiger partial charge on any atom is 0.164 e. The Morgan fingerprint density at radius 2 is 1.62 bits per heavy atom. The van der Waals surface area contributed by atoms with Gasteiger partial charge in [-0.2, -0.15) is 0 Å². The third kappa shape index (κ3) is 1.80. The summed E-state index contributed by atoms with van der Waals surface area (Å²) in [6.45, 7) is 3.93. The fourth-order valence-corrected chi connectivity index (χ4v) is 0.372. The summed E-state index contributed by atoms with van der Waals surface area (Å²) in [6.07, 6.45) is 0.875. The summed E-state index contributed by atoms with van der Waals surface area (Å²) in [5, 5.41) is 0. The molecule has 2 heteroatoms. The van der Waals surface area contributed by atoms with Gasteiger partial charge in [-0.3, -0.25) is 0 Å². The third-order valence-electron chi connectivity index (χ3n) is 1.51. The average Bonchev–Trinajstić information content (AvgIpc) is 1.87. The first-order valence-corrected chi connectivity index (χ1v) is 2.79. The molecule has 0 N–H and O–H groups in total. The fourth-order valence-electron chi connectivity index (χ4n) is 0.372. The molecule has 0 rings (SSSR count). The molecule has 0 heterocycles. The number of rotatable bonds is 3. The van der Waals surface area contributed by atoms with Crippen molar-refractivity contribution in [2.24, 2.45) is 0 Å². The summed E-state index contributed by atoms with van der Waals surface area (Å²) in [5.74, 6) is -0.375. The van der Waals surface area contributed by atoms with Gasteiger partial charge < -0.3 is 9.47 Å². The maximum atomic E-state index is 5.01. The largest absolute Gasteiger partial charge is 0.353 e. The summed E-state index contributed by atoms with van der Waals surface area (Å²) >= 11 is 0. The highest BCUT2D eigenvalue weighted by molar-refractivity contribution is 4.55. The van der Waals surface area contributed by atoms with Crippen LogP contribution in [0.1, 0.15) is 20.3 Å². The van der Waals surface area contributed by atoms with Crippen LogP contribution in [0.3, 0.4) is 0 Å². The van der Waals surface area contributed by atoms with Gasteiger partial charge in [-0.25, -0.2) is 0 Å². The Bertz CT molecular complexity index is 49.3. The van der Waals surface area contributed by atoms with Crippen molar-refractivity contribution in [3.8, 4) is 0 Å². The van der Waals surface area contributed by atoms with Crippen LogP contribution in [-0.4, -0.2) is 20.0 Å². The molecule has 0 saturated carbocycles. The quantitative estimate of drug-likeness (QED) is 0.521. The highest BCUT2D eigenvalue weighted by Crippen LogP contribution is 2.12. The van der Waals surface area contributed by atoms with E-state index in [1.54, 1.807) is 14.2 Å². The predicted molar refractivity (Wildman–Crippen MR) is 32.7 cm³/mol. The van der Waals surface area contributed by atoms with Crippen molar-refractivity contribution in [3.05, 3.63) is 0 Å². The standard InChI is InChI=1S/C6H14O2/c1-5-6(2,7-3)8-4/h5H2,1-4H3. The molecule has 0 spiro atoms. The Morgan fingerprint density at radius 1 is 1.25 bits per heavy atom. The summed E-state index contributed by atoms with van der Waals surface area (Å²) in [6, 6.07) is 0. The van der Waals surface area contributed by atoms with Crippen LogP contribution < -0.4 is 0 Å². The Labute approximate surface area is 50.8 Å². The Balaban J connectivity index is 3.58. The molecule has 0 radical (unpaired) electrons. The summed E-state index contributed by atoms with van der Waals surface area (Å²) in [5.41, 5.74) is 0. The van der Waals surface area contributed by atoms with Crippen molar-refractivity contribution < 1.29 is 9.47 Å². The van der Waals surface area contributed by atoms with E-state index in [0.29, 0.717) is 0 Å². The average molecular weight is 118 g/mol. The van der Waals surface area contributed by atoms with Gasteiger partial charge in [-0.1, -0.05) is 6.92 Å². The van der Waals surface area contributed by atoms with Crippen molar-refractivity contribution in [1.29, 1.82) is 0 Å². The lowest BCUT2D eigenvalue weighted by Crippen LogP contribution is -2.27. The fraction of sp³-hybridized carbons (Fsp3) is 1.00. The summed E-state index contributed by atoms with van der Waals surface area (Å²) in [7, 11) is 3.29. The minimum Gasteiger partial charge on any atom is -0.353 e. The second kappa shape index (κ2) is 3.05. The van der Waals surface area contributed by atoms with Crippen LogP contribution in [0.4, 0.5) is 0 Å². The van der Waals surface area contributed by atoms with Crippen molar-refractivity contribution in [3.63, 3.8) is 0 Å². The van der Waals surface area contributed by atoms with Crippen LogP contribution in [0.2, 0.25) is 0 Å². The van der Waals surface area contributed by atoms with Crippen LogP contribution in [0, 0.1) is 0 Å². The van der Waals surface area contributed by atoms with Gasteiger partial charge in [0.25, 0.3) is 0 Å². The van der Waals surface area contributed by atoms with Crippen LogP contribution >= 0.6 is 0 Å². The second-order valence-corrected chi connectivity index (χ2v) is 1.90. The molecule has 2 nitrogen and oxygen atoms in total. The molecule has 0 aromatic rings. The lowest BCUT2D eigenvalue weighted by Gasteiger charge is -2.23. The molecule has 0 fully saturated rings. The molecule has 0 aliphatic rings. The molecule has 0 amide bonds. The van der Waals surface area contributed by atoms with E-state index in [9.17, 15) is 0 Å². The topological polar surface area (TPSA) is 18.5 Å². The highest BCUT2D eigenvalue weighted by atomic mass is 16.7. The van der Waals surface area contributed by atoms with E-state index >= 15 is 0 Å². The van der Waals surface area contributed by atoms with E-state index in [2.05, 4.69) is 0 Å². The molecule has 0 saturated heterocycles. The van der Waals surface area contributed by atoms with Crippen LogP contribution in [0.25, 0.3) is 0 Å². The van der Waals surface area contributed by atoms with E-state index < -0.39 is 0 Å². The van der Waals surface area contributed by atoms with E-state index in [1.165, 1.54) is 0 Å². The summed E-state index contributed by atoms with van der Waals surface area (Å²) in [4.78, 5) is 0. The first kappa shape index (κ1) is 7.92. The first-order chi connectivity index (χ1) is 3.68. The molecular weight excluding hydrogens is 104 g/mol. The minimum absolute atomic E-state index is 0.375. The van der Waals surface area contributed by atoms with Crippen molar-refractivity contribution in [2.75, 3.05) is 14.2 Å². The van der Waals surface area contributed by atoms with E-state index in [-0.39, 0.29) is 5.79 Å². The van der Waals surface area contributed by atoms with Gasteiger partial charge in [-0.05, 0) is 13.3 Å². The molecule has 0 aliphatic carbocycles. The zero-order valence-electron chi connectivity index (χ0n) is 6.02. The van der Waals surface area contributed by atoms with Gasteiger partial charge in [-0.15, -0.1) is 0 Å². The third-order valence-corrected chi connectivity index (χ3v) is 1.51. The second-order valence-electron chi connectivity index (χ2n) is 1.90. The van der Waals surface area contributed by atoms with E-state index in [1.807, 2.05) is 13.8 Å². The van der Waals surface area contributed by atoms with Crippen LogP contribution in [0.5, 0.6) is 0 Å². The Kier molecular flexibility index (Phi) is 3.02. The minimum atomic E-state index is -0.375. The molecule has 0 aromatic carbocycles. The Hall–Kier alpha value is -0.0800. The highest BCUT2D eigenvalue weighted by Gasteiger charge is 2.18. The molecule has 0 unspecified atom stereocenters. The van der Waals surface area contributed by atoms with Crippen molar-refractivity contribution in [1.82, 2.24) is 0 Å². The van der Waals surface area contributed by atoms with Gasteiger partial charge in [0, 0.05) is 14.2 Å². The number of hydrogen-bond donors (Lipinski definition) is 0. The molecule has 8 heavy (non-hydrogen) atoms. The van der Waals surface area contributed by atoms with Crippen molar-refractivity contribution >= 4 is 0 Å². The smallest absolute Gasteiger partial charge is 0.164 e. The Morgan fingerprint density at radius 3 is 1.62 bits per heavy atom. The van der Waals surface area contributed by atoms with Crippen LogP contribution in [-0.2, 0) is 9.47 Å². The van der Waals surface area contributed by atoms with Gasteiger partial charge in [0.1, 0.15) is 0 Å². The molecular formula is C6H14O2. The zero-order chi connectivity index (χ0) is 6.62. The maximum absolute atomic E-state index is 5.01. The number of methoxy groups -OCH3 is 2. The predicted octanol–water partition coefficient (Wildman–Crippen LogP) is 1.41. The van der Waals surface area contributed by atoms with Gasteiger partial charge in [0.05, 0.1) is 0 Å².